The fraction of sp³-hybridized carbons (Fsp3) is 0.167. The Bertz CT molecular complexity index is 3080. The molecule has 3 aromatic heterocycles. The van der Waals surface area contributed by atoms with E-state index < -0.39 is 0 Å². The third-order valence-electron chi connectivity index (χ3n) is 12.1. The molecule has 0 saturated carbocycles. The Morgan fingerprint density at radius 2 is 1.10 bits per heavy atom. The highest BCUT2D eigenvalue weighted by Crippen LogP contribution is 2.50. The maximum atomic E-state index is 2.58. The van der Waals surface area contributed by atoms with Gasteiger partial charge in [-0.3, -0.25) is 0 Å². The second-order valence-electron chi connectivity index (χ2n) is 16.0. The lowest BCUT2D eigenvalue weighted by Crippen LogP contribution is -2.33. The number of hydrogen-bond donors (Lipinski definition) is 0. The first-order valence-electron chi connectivity index (χ1n) is 18.2. The van der Waals surface area contributed by atoms with E-state index in [-0.39, 0.29) is 10.8 Å². The highest BCUT2D eigenvalue weighted by molar-refractivity contribution is 7.25. The number of thiophene rings is 1. The molecule has 51 heavy (non-hydrogen) atoms. The zero-order chi connectivity index (χ0) is 34.2. The number of para-hydroxylation sites is 1. The molecule has 1 aliphatic carbocycles. The number of aromatic nitrogens is 2. The van der Waals surface area contributed by atoms with E-state index in [0.717, 1.165) is 0 Å². The Balaban J connectivity index is 1.35. The van der Waals surface area contributed by atoms with E-state index in [1.165, 1.54) is 110 Å². The summed E-state index contributed by atoms with van der Waals surface area (Å²) in [5.41, 5.74) is 10.7. The van der Waals surface area contributed by atoms with Crippen LogP contribution in [0.5, 0.6) is 0 Å². The molecule has 246 valence electrons. The summed E-state index contributed by atoms with van der Waals surface area (Å²) in [5, 5.41) is 10.5. The van der Waals surface area contributed by atoms with Gasteiger partial charge >= 0.3 is 0 Å². The molecule has 0 bridgehead atoms. The molecule has 0 saturated heterocycles. The van der Waals surface area contributed by atoms with E-state index in [0.29, 0.717) is 0 Å². The van der Waals surface area contributed by atoms with E-state index in [9.17, 15) is 0 Å². The zero-order valence-corrected chi connectivity index (χ0v) is 30.2. The fourth-order valence-electron chi connectivity index (χ4n) is 9.41. The standard InChI is InChI=1S/C48H38N2S/c1-47(2)24-25-48(3,4)38-28-41-36(27-37(38)47)45-39(49(41)30-13-6-5-7-14-30)21-22-40-44(45)34-20-18-29-12-8-9-15-32(29)46(34)50(40)31-19-23-43-35(26-31)33-16-10-11-17-42(33)51-43/h5-23,26-28H,24-25H2,1-4H3. The second-order valence-corrected chi connectivity index (χ2v) is 17.1. The first-order valence-corrected chi connectivity index (χ1v) is 19.1. The van der Waals surface area contributed by atoms with E-state index >= 15 is 0 Å². The van der Waals surface area contributed by atoms with Crippen LogP contribution in [0, 0.1) is 0 Å². The Morgan fingerprint density at radius 1 is 0.451 bits per heavy atom. The lowest BCUT2D eigenvalue weighted by atomic mass is 9.63. The summed E-state index contributed by atoms with van der Waals surface area (Å²) in [4.78, 5) is 0. The fourth-order valence-corrected chi connectivity index (χ4v) is 10.5. The van der Waals surface area contributed by atoms with Crippen LogP contribution in [0.4, 0.5) is 0 Å². The predicted molar refractivity (Wildman–Crippen MR) is 221 cm³/mol. The molecule has 3 heteroatoms. The average Bonchev–Trinajstić information content (AvgIpc) is 3.80. The number of benzene rings is 7. The van der Waals surface area contributed by atoms with Crippen LogP contribution in [-0.2, 0) is 10.8 Å². The van der Waals surface area contributed by atoms with Gasteiger partial charge in [0, 0.05) is 58.5 Å². The van der Waals surface area contributed by atoms with Gasteiger partial charge < -0.3 is 9.13 Å². The number of nitrogens with zero attached hydrogens (tertiary/aromatic N) is 2. The molecule has 0 radical (unpaired) electrons. The summed E-state index contributed by atoms with van der Waals surface area (Å²) < 4.78 is 7.74. The van der Waals surface area contributed by atoms with Gasteiger partial charge in [0.1, 0.15) is 0 Å². The summed E-state index contributed by atoms with van der Waals surface area (Å²) in [6.45, 7) is 9.77. The third kappa shape index (κ3) is 3.98. The Hall–Kier alpha value is -5.38. The van der Waals surface area contributed by atoms with Crippen molar-refractivity contribution in [1.29, 1.82) is 0 Å². The third-order valence-corrected chi connectivity index (χ3v) is 13.3. The van der Waals surface area contributed by atoms with Gasteiger partial charge in [0.25, 0.3) is 0 Å². The normalized spacial score (nSPS) is 15.6. The van der Waals surface area contributed by atoms with Gasteiger partial charge in [0.05, 0.1) is 22.1 Å². The largest absolute Gasteiger partial charge is 0.309 e. The van der Waals surface area contributed by atoms with Crippen LogP contribution in [0.1, 0.15) is 51.7 Å². The van der Waals surface area contributed by atoms with Gasteiger partial charge in [-0.1, -0.05) is 100 Å². The molecule has 0 amide bonds. The molecule has 3 heterocycles. The van der Waals surface area contributed by atoms with E-state index in [1.54, 1.807) is 0 Å². The summed E-state index contributed by atoms with van der Waals surface area (Å²) in [7, 11) is 0. The zero-order valence-electron chi connectivity index (χ0n) is 29.4. The van der Waals surface area contributed by atoms with Crippen molar-refractivity contribution in [2.24, 2.45) is 0 Å². The van der Waals surface area contributed by atoms with E-state index in [1.807, 2.05) is 11.3 Å². The van der Waals surface area contributed by atoms with Crippen LogP contribution in [0.2, 0.25) is 0 Å². The van der Waals surface area contributed by atoms with Crippen LogP contribution in [-0.4, -0.2) is 9.13 Å². The van der Waals surface area contributed by atoms with Crippen molar-refractivity contribution in [2.45, 2.75) is 51.4 Å². The summed E-state index contributed by atoms with van der Waals surface area (Å²) in [5.74, 6) is 0. The van der Waals surface area contributed by atoms with Crippen molar-refractivity contribution in [3.63, 3.8) is 0 Å². The van der Waals surface area contributed by atoms with E-state index in [4.69, 9.17) is 0 Å². The van der Waals surface area contributed by atoms with Crippen LogP contribution >= 0.6 is 11.3 Å². The molecule has 0 fully saturated rings. The first kappa shape index (κ1) is 29.4. The molecule has 7 aromatic carbocycles. The topological polar surface area (TPSA) is 9.86 Å². The van der Waals surface area contributed by atoms with Crippen molar-refractivity contribution in [1.82, 2.24) is 9.13 Å². The minimum absolute atomic E-state index is 0.108. The van der Waals surface area contributed by atoms with Crippen molar-refractivity contribution in [2.75, 3.05) is 0 Å². The molecular formula is C48H38N2S. The molecule has 0 spiro atoms. The van der Waals surface area contributed by atoms with Crippen molar-refractivity contribution < 1.29 is 0 Å². The van der Waals surface area contributed by atoms with Crippen molar-refractivity contribution in [3.8, 4) is 11.4 Å². The monoisotopic (exact) mass is 674 g/mol. The molecule has 2 nitrogen and oxygen atoms in total. The molecular weight excluding hydrogens is 637 g/mol. The second kappa shape index (κ2) is 10.1. The average molecular weight is 675 g/mol. The van der Waals surface area contributed by atoms with Crippen molar-refractivity contribution in [3.05, 3.63) is 145 Å². The minimum atomic E-state index is 0.108. The van der Waals surface area contributed by atoms with E-state index in [2.05, 4.69) is 170 Å². The maximum absolute atomic E-state index is 2.58. The van der Waals surface area contributed by atoms with Gasteiger partial charge in [-0.15, -0.1) is 11.3 Å². The highest BCUT2D eigenvalue weighted by Gasteiger charge is 2.38. The predicted octanol–water partition coefficient (Wildman–Crippen LogP) is 13.8. The van der Waals surface area contributed by atoms with Gasteiger partial charge in [-0.25, -0.2) is 0 Å². The van der Waals surface area contributed by atoms with Gasteiger partial charge in [-0.2, -0.15) is 0 Å². The quantitative estimate of drug-likeness (QED) is 0.173. The Labute approximate surface area is 301 Å². The molecule has 10 aromatic rings. The lowest BCUT2D eigenvalue weighted by molar-refractivity contribution is 0.332. The SMILES string of the molecule is CC1(C)CCC(C)(C)c2cc3c(cc21)c1c2c4ccc5ccccc5c4n(-c4ccc5sc6ccccc6c5c4)c2ccc1n3-c1ccccc1. The molecule has 0 aliphatic heterocycles. The molecule has 11 rings (SSSR count). The lowest BCUT2D eigenvalue weighted by Gasteiger charge is -2.42. The molecule has 0 N–H and O–H groups in total. The molecule has 0 unspecified atom stereocenters. The van der Waals surface area contributed by atoms with Crippen LogP contribution in [0.25, 0.3) is 85.9 Å². The first-order chi connectivity index (χ1) is 24.8. The minimum Gasteiger partial charge on any atom is -0.309 e. The Kier molecular flexibility index (Phi) is 5.82. The smallest absolute Gasteiger partial charge is 0.0619 e. The van der Waals surface area contributed by atoms with Gasteiger partial charge in [0.2, 0.25) is 0 Å². The molecule has 0 atom stereocenters. The van der Waals surface area contributed by atoms with Crippen LogP contribution < -0.4 is 0 Å². The van der Waals surface area contributed by atoms with Gasteiger partial charge in [0.15, 0.2) is 0 Å². The number of hydrogen-bond acceptors (Lipinski definition) is 1. The molecule has 1 aliphatic rings. The Morgan fingerprint density at radius 3 is 1.90 bits per heavy atom. The summed E-state index contributed by atoms with van der Waals surface area (Å²) in [6, 6.07) is 50.4. The van der Waals surface area contributed by atoms with Crippen molar-refractivity contribution >= 4 is 85.9 Å². The number of fused-ring (bicyclic) bond motifs is 13. The summed E-state index contributed by atoms with van der Waals surface area (Å²) >= 11 is 1.88. The van der Waals surface area contributed by atoms with Crippen LogP contribution in [0.15, 0.2) is 133 Å². The maximum Gasteiger partial charge on any atom is 0.0619 e. The van der Waals surface area contributed by atoms with Crippen LogP contribution in [0.3, 0.4) is 0 Å². The highest BCUT2D eigenvalue weighted by atomic mass is 32.1. The summed E-state index contributed by atoms with van der Waals surface area (Å²) in [6.07, 6.45) is 2.38. The number of rotatable bonds is 2. The van der Waals surface area contributed by atoms with Gasteiger partial charge in [-0.05, 0) is 101 Å².